The van der Waals surface area contributed by atoms with Gasteiger partial charge in [0.1, 0.15) is 6.54 Å². The van der Waals surface area contributed by atoms with Crippen LogP contribution in [0.3, 0.4) is 0 Å². The second-order valence-electron chi connectivity index (χ2n) is 1.59. The molecule has 0 atom stereocenters. The first-order valence-electron chi connectivity index (χ1n) is 2.00. The van der Waals surface area contributed by atoms with Gasteiger partial charge in [-0.15, -0.1) is 6.42 Å². The second-order valence-corrected chi connectivity index (χ2v) is 1.59. The van der Waals surface area contributed by atoms with Gasteiger partial charge in [0.05, 0.1) is 14.1 Å². The number of rotatable bonds is 1. The van der Waals surface area contributed by atoms with Crippen molar-refractivity contribution in [2.75, 3.05) is 20.6 Å². The van der Waals surface area contributed by atoms with Crippen LogP contribution in [0, 0.1) is 12.3 Å². The number of nitrogens with one attached hydrogen (secondary N) is 1. The zero-order valence-corrected chi connectivity index (χ0v) is 6.25. The van der Waals surface area contributed by atoms with Crippen LogP contribution in [0.4, 0.5) is 0 Å². The van der Waals surface area contributed by atoms with E-state index < -0.39 is 0 Å². The van der Waals surface area contributed by atoms with Crippen LogP contribution in [0.5, 0.6) is 0 Å². The topological polar surface area (TPSA) is 4.44 Å². The fourth-order valence-corrected chi connectivity index (χ4v) is 0.204. The molecule has 0 spiro atoms. The lowest BCUT2D eigenvalue weighted by atomic mass is 10.6. The van der Waals surface area contributed by atoms with Gasteiger partial charge >= 0.3 is 0 Å². The molecule has 0 heterocycles. The number of halogens is 1. The molecule has 0 aliphatic rings. The summed E-state index contributed by atoms with van der Waals surface area (Å²) in [5.41, 5.74) is 0. The van der Waals surface area contributed by atoms with Crippen LogP contribution in [0.15, 0.2) is 0 Å². The summed E-state index contributed by atoms with van der Waals surface area (Å²) in [6.07, 6.45) is 4.96. The highest BCUT2D eigenvalue weighted by Crippen LogP contribution is 1.29. The first-order valence-corrected chi connectivity index (χ1v) is 2.00. The van der Waals surface area contributed by atoms with E-state index in [2.05, 4.69) is 5.92 Å². The number of terminal acetylenes is 1. The van der Waals surface area contributed by atoms with Gasteiger partial charge in [-0.2, -0.15) is 0 Å². The summed E-state index contributed by atoms with van der Waals surface area (Å²) in [5.74, 6) is 2.53. The lowest BCUT2D eigenvalue weighted by molar-refractivity contribution is -0.850. The third-order valence-electron chi connectivity index (χ3n) is 0.456. The van der Waals surface area contributed by atoms with Crippen molar-refractivity contribution in [3.05, 3.63) is 0 Å². The fraction of sp³-hybridized carbons (Fsp3) is 0.600. The van der Waals surface area contributed by atoms with Gasteiger partial charge in [0.25, 0.3) is 0 Å². The molecular formula is C5H10BrN. The molecule has 0 aromatic carbocycles. The molecule has 0 fully saturated rings. The predicted octanol–water partition coefficient (Wildman–Crippen LogP) is -4.23. The quantitative estimate of drug-likeness (QED) is 0.374. The van der Waals surface area contributed by atoms with E-state index in [0.29, 0.717) is 0 Å². The summed E-state index contributed by atoms with van der Waals surface area (Å²) >= 11 is 0. The van der Waals surface area contributed by atoms with Gasteiger partial charge in [0.15, 0.2) is 0 Å². The van der Waals surface area contributed by atoms with Crippen molar-refractivity contribution < 1.29 is 21.9 Å². The lowest BCUT2D eigenvalue weighted by Gasteiger charge is -1.97. The van der Waals surface area contributed by atoms with Crippen LogP contribution in [-0.4, -0.2) is 20.6 Å². The monoisotopic (exact) mass is 163 g/mol. The average Bonchev–Trinajstić information content (AvgIpc) is 1.35. The van der Waals surface area contributed by atoms with E-state index in [-0.39, 0.29) is 17.0 Å². The van der Waals surface area contributed by atoms with E-state index in [1.807, 2.05) is 14.1 Å². The smallest absolute Gasteiger partial charge is 0.138 e. The van der Waals surface area contributed by atoms with Crippen LogP contribution < -0.4 is 21.9 Å². The Labute approximate surface area is 55.5 Å². The van der Waals surface area contributed by atoms with Gasteiger partial charge in [-0.3, -0.25) is 0 Å². The minimum atomic E-state index is 0. The van der Waals surface area contributed by atoms with E-state index in [1.54, 1.807) is 0 Å². The summed E-state index contributed by atoms with van der Waals surface area (Å²) in [6.45, 7) is 0.819. The molecule has 1 N–H and O–H groups in total. The Morgan fingerprint density at radius 1 is 1.57 bits per heavy atom. The van der Waals surface area contributed by atoms with Crippen molar-refractivity contribution in [1.82, 2.24) is 0 Å². The van der Waals surface area contributed by atoms with Gasteiger partial charge in [0.2, 0.25) is 0 Å². The largest absolute Gasteiger partial charge is 1.00 e. The number of quaternary nitrogens is 1. The van der Waals surface area contributed by atoms with E-state index in [1.165, 1.54) is 4.90 Å². The van der Waals surface area contributed by atoms with Gasteiger partial charge in [-0.05, 0) is 5.92 Å². The van der Waals surface area contributed by atoms with Crippen LogP contribution in [-0.2, 0) is 0 Å². The maximum Gasteiger partial charge on any atom is 0.138 e. The highest BCUT2D eigenvalue weighted by atomic mass is 79.9. The first kappa shape index (κ1) is 10.1. The van der Waals surface area contributed by atoms with Crippen LogP contribution in [0.2, 0.25) is 0 Å². The van der Waals surface area contributed by atoms with Crippen LogP contribution in [0.25, 0.3) is 0 Å². The summed E-state index contributed by atoms with van der Waals surface area (Å²) in [7, 11) is 4.06. The minimum absolute atomic E-state index is 0. The van der Waals surface area contributed by atoms with Crippen molar-refractivity contribution in [1.29, 1.82) is 0 Å². The summed E-state index contributed by atoms with van der Waals surface area (Å²) in [5, 5.41) is 0. The Balaban J connectivity index is 0. The van der Waals surface area contributed by atoms with Gasteiger partial charge < -0.3 is 21.9 Å². The second kappa shape index (κ2) is 6.00. The molecular weight excluding hydrogens is 154 g/mol. The van der Waals surface area contributed by atoms with E-state index >= 15 is 0 Å². The highest BCUT2D eigenvalue weighted by molar-refractivity contribution is 4.81. The minimum Gasteiger partial charge on any atom is -1.00 e. The standard InChI is InChI=1S/C5H9N.BrH/c1-4-5-6(2)3;/h1H,5H2,2-3H3;1H. The Hall–Kier alpha value is 0. The van der Waals surface area contributed by atoms with Crippen molar-refractivity contribution in [3.63, 3.8) is 0 Å². The summed E-state index contributed by atoms with van der Waals surface area (Å²) < 4.78 is 0. The Bertz CT molecular complexity index is 63.0. The van der Waals surface area contributed by atoms with E-state index in [0.717, 1.165) is 6.54 Å². The molecule has 0 radical (unpaired) electrons. The normalized spacial score (nSPS) is 7.14. The maximum atomic E-state index is 4.96. The lowest BCUT2D eigenvalue weighted by Crippen LogP contribution is -3.05. The molecule has 2 heteroatoms. The van der Waals surface area contributed by atoms with E-state index in [9.17, 15) is 0 Å². The molecule has 0 bridgehead atoms. The SMILES string of the molecule is C#CC[NH+](C)C.[Br-]. The highest BCUT2D eigenvalue weighted by Gasteiger charge is 1.79. The molecule has 0 aliphatic carbocycles. The zero-order valence-electron chi connectivity index (χ0n) is 4.66. The number of hydrogen-bond acceptors (Lipinski definition) is 0. The van der Waals surface area contributed by atoms with Gasteiger partial charge in [-0.25, -0.2) is 0 Å². The third-order valence-corrected chi connectivity index (χ3v) is 0.456. The fourth-order valence-electron chi connectivity index (χ4n) is 0.204. The molecule has 42 valence electrons. The Kier molecular flexibility index (Phi) is 8.64. The molecule has 0 rings (SSSR count). The predicted molar refractivity (Wildman–Crippen MR) is 26.5 cm³/mol. The molecule has 0 unspecified atom stereocenters. The van der Waals surface area contributed by atoms with Crippen LogP contribution in [0.1, 0.15) is 0 Å². The molecule has 0 aromatic heterocycles. The number of hydrogen-bond donors (Lipinski definition) is 1. The Morgan fingerprint density at radius 2 is 2.00 bits per heavy atom. The molecule has 1 nitrogen and oxygen atoms in total. The molecule has 0 aliphatic heterocycles. The van der Waals surface area contributed by atoms with Gasteiger partial charge in [-0.1, -0.05) is 0 Å². The molecule has 0 saturated carbocycles. The van der Waals surface area contributed by atoms with Crippen molar-refractivity contribution >= 4 is 0 Å². The molecule has 0 saturated heterocycles. The average molecular weight is 164 g/mol. The van der Waals surface area contributed by atoms with E-state index in [4.69, 9.17) is 6.42 Å². The molecule has 0 amide bonds. The van der Waals surface area contributed by atoms with Crippen molar-refractivity contribution in [2.45, 2.75) is 0 Å². The zero-order chi connectivity index (χ0) is 4.99. The third kappa shape index (κ3) is 10.7. The van der Waals surface area contributed by atoms with Gasteiger partial charge in [0, 0.05) is 0 Å². The maximum absolute atomic E-state index is 4.96. The molecule has 0 aromatic rings. The van der Waals surface area contributed by atoms with Crippen LogP contribution >= 0.6 is 0 Å². The molecule has 7 heavy (non-hydrogen) atoms. The first-order chi connectivity index (χ1) is 2.77. The Morgan fingerprint density at radius 3 is 2.00 bits per heavy atom. The summed E-state index contributed by atoms with van der Waals surface area (Å²) in [6, 6.07) is 0. The summed E-state index contributed by atoms with van der Waals surface area (Å²) in [4.78, 5) is 1.30. The van der Waals surface area contributed by atoms with Crippen molar-refractivity contribution in [2.24, 2.45) is 0 Å². The van der Waals surface area contributed by atoms with Crippen molar-refractivity contribution in [3.8, 4) is 12.3 Å².